The number of allylic oxidation sites excluding steroid dienone is 1. The third kappa shape index (κ3) is 3.16. The Labute approximate surface area is 158 Å². The van der Waals surface area contributed by atoms with Crippen molar-refractivity contribution in [3.63, 3.8) is 0 Å². The Morgan fingerprint density at radius 3 is 2.52 bits per heavy atom. The predicted octanol–water partition coefficient (Wildman–Crippen LogP) is 4.79. The van der Waals surface area contributed by atoms with E-state index in [0.29, 0.717) is 0 Å². The summed E-state index contributed by atoms with van der Waals surface area (Å²) in [5.41, 5.74) is 7.14. The molecule has 4 aromatic rings. The first-order chi connectivity index (χ1) is 13.1. The number of aromatic nitrogens is 4. The van der Waals surface area contributed by atoms with Crippen LogP contribution in [0.15, 0.2) is 53.7 Å². The van der Waals surface area contributed by atoms with Crippen molar-refractivity contribution in [2.24, 2.45) is 0 Å². The molecular formula is C22H22N4O. The maximum atomic E-state index is 5.32. The zero-order chi connectivity index (χ0) is 19.0. The quantitative estimate of drug-likeness (QED) is 0.481. The highest BCUT2D eigenvalue weighted by Crippen LogP contribution is 2.29. The largest absolute Gasteiger partial charge is 0.361 e. The lowest BCUT2D eigenvalue weighted by Gasteiger charge is -2.09. The van der Waals surface area contributed by atoms with Gasteiger partial charge in [-0.3, -0.25) is 0 Å². The number of pyridine rings is 1. The Morgan fingerprint density at radius 1 is 1.11 bits per heavy atom. The Morgan fingerprint density at radius 2 is 1.85 bits per heavy atom. The maximum Gasteiger partial charge on any atom is 0.177 e. The molecule has 0 N–H and O–H groups in total. The normalized spacial score (nSPS) is 11.2. The van der Waals surface area contributed by atoms with Gasteiger partial charge in [-0.05, 0) is 44.4 Å². The van der Waals surface area contributed by atoms with Gasteiger partial charge >= 0.3 is 0 Å². The van der Waals surface area contributed by atoms with Crippen LogP contribution >= 0.6 is 0 Å². The fourth-order valence-corrected chi connectivity index (χ4v) is 3.48. The second-order valence-corrected chi connectivity index (χ2v) is 6.82. The molecule has 4 rings (SSSR count). The van der Waals surface area contributed by atoms with Gasteiger partial charge in [0.25, 0.3) is 0 Å². The average molecular weight is 358 g/mol. The molecule has 1 aromatic carbocycles. The fourth-order valence-electron chi connectivity index (χ4n) is 3.48. The summed E-state index contributed by atoms with van der Waals surface area (Å²) < 4.78 is 7.52. The van der Waals surface area contributed by atoms with Gasteiger partial charge in [0.05, 0.1) is 11.2 Å². The number of hydrogen-bond donors (Lipinski definition) is 0. The van der Waals surface area contributed by atoms with Crippen molar-refractivity contribution < 1.29 is 4.52 Å². The van der Waals surface area contributed by atoms with Gasteiger partial charge in [-0.1, -0.05) is 35.5 Å². The molecule has 0 saturated heterocycles. The van der Waals surface area contributed by atoms with E-state index < -0.39 is 0 Å². The minimum absolute atomic E-state index is 0.753. The number of imidazole rings is 1. The smallest absolute Gasteiger partial charge is 0.177 e. The molecule has 5 heteroatoms. The first-order valence-electron chi connectivity index (χ1n) is 9.01. The molecule has 0 unspecified atom stereocenters. The van der Waals surface area contributed by atoms with E-state index in [1.54, 1.807) is 0 Å². The van der Waals surface area contributed by atoms with Crippen molar-refractivity contribution in [2.75, 3.05) is 0 Å². The van der Waals surface area contributed by atoms with Crippen molar-refractivity contribution in [1.29, 1.82) is 0 Å². The van der Waals surface area contributed by atoms with Crippen molar-refractivity contribution in [3.05, 3.63) is 77.6 Å². The topological polar surface area (TPSA) is 56.7 Å². The SMILES string of the molecule is C=CCc1ccc(Cn2c(C)nc3ncc(-c4c(C)noc4C)cc32)cc1. The van der Waals surface area contributed by atoms with E-state index >= 15 is 0 Å². The second kappa shape index (κ2) is 6.83. The van der Waals surface area contributed by atoms with Crippen LogP contribution in [0.3, 0.4) is 0 Å². The summed E-state index contributed by atoms with van der Waals surface area (Å²) >= 11 is 0. The van der Waals surface area contributed by atoms with E-state index in [1.807, 2.05) is 33.0 Å². The molecule has 0 bridgehead atoms. The van der Waals surface area contributed by atoms with Gasteiger partial charge in [0.1, 0.15) is 11.6 Å². The molecule has 0 aliphatic rings. The lowest BCUT2D eigenvalue weighted by molar-refractivity contribution is 0.393. The minimum atomic E-state index is 0.753. The molecule has 0 amide bonds. The zero-order valence-electron chi connectivity index (χ0n) is 15.9. The summed E-state index contributed by atoms with van der Waals surface area (Å²) in [4.78, 5) is 9.19. The molecule has 0 atom stereocenters. The number of hydrogen-bond acceptors (Lipinski definition) is 4. The van der Waals surface area contributed by atoms with Crippen LogP contribution in [-0.2, 0) is 13.0 Å². The Hall–Kier alpha value is -3.21. The predicted molar refractivity (Wildman–Crippen MR) is 107 cm³/mol. The van der Waals surface area contributed by atoms with Crippen LogP contribution in [0.2, 0.25) is 0 Å². The van der Waals surface area contributed by atoms with Crippen molar-refractivity contribution in [1.82, 2.24) is 19.7 Å². The number of nitrogens with zero attached hydrogens (tertiary/aromatic N) is 4. The van der Waals surface area contributed by atoms with Gasteiger partial charge in [0.15, 0.2) is 5.65 Å². The zero-order valence-corrected chi connectivity index (χ0v) is 15.9. The van der Waals surface area contributed by atoms with Crippen LogP contribution in [0, 0.1) is 20.8 Å². The number of benzene rings is 1. The van der Waals surface area contributed by atoms with Crippen LogP contribution < -0.4 is 0 Å². The van der Waals surface area contributed by atoms with Gasteiger partial charge in [-0.2, -0.15) is 0 Å². The molecule has 0 spiro atoms. The van der Waals surface area contributed by atoms with E-state index in [1.165, 1.54) is 11.1 Å². The molecule has 27 heavy (non-hydrogen) atoms. The van der Waals surface area contributed by atoms with Crippen LogP contribution in [0.25, 0.3) is 22.3 Å². The molecule has 3 aromatic heterocycles. The highest BCUT2D eigenvalue weighted by atomic mass is 16.5. The van der Waals surface area contributed by atoms with Crippen LogP contribution in [0.1, 0.15) is 28.4 Å². The summed E-state index contributed by atoms with van der Waals surface area (Å²) in [6.07, 6.45) is 4.65. The van der Waals surface area contributed by atoms with Crippen LogP contribution in [0.4, 0.5) is 0 Å². The Kier molecular flexibility index (Phi) is 4.36. The first kappa shape index (κ1) is 17.2. The molecular weight excluding hydrogens is 336 g/mol. The van der Waals surface area contributed by atoms with E-state index in [0.717, 1.165) is 52.5 Å². The summed E-state index contributed by atoms with van der Waals surface area (Å²) in [7, 11) is 0. The molecule has 5 nitrogen and oxygen atoms in total. The summed E-state index contributed by atoms with van der Waals surface area (Å²) in [5, 5.41) is 4.06. The molecule has 0 aliphatic heterocycles. The van der Waals surface area contributed by atoms with Gasteiger partial charge < -0.3 is 9.09 Å². The van der Waals surface area contributed by atoms with Gasteiger partial charge in [-0.15, -0.1) is 6.58 Å². The van der Waals surface area contributed by atoms with Gasteiger partial charge in [0.2, 0.25) is 0 Å². The fraction of sp³-hybridized carbons (Fsp3) is 0.227. The number of rotatable bonds is 5. The first-order valence-corrected chi connectivity index (χ1v) is 9.01. The van der Waals surface area contributed by atoms with Crippen LogP contribution in [0.5, 0.6) is 0 Å². The van der Waals surface area contributed by atoms with Crippen LogP contribution in [-0.4, -0.2) is 19.7 Å². The van der Waals surface area contributed by atoms with Gasteiger partial charge in [0, 0.05) is 23.9 Å². The number of fused-ring (bicyclic) bond motifs is 1. The van der Waals surface area contributed by atoms with Crippen molar-refractivity contribution in [2.45, 2.75) is 33.7 Å². The molecule has 0 aliphatic carbocycles. The highest BCUT2D eigenvalue weighted by Gasteiger charge is 2.15. The molecule has 0 radical (unpaired) electrons. The molecule has 0 saturated carbocycles. The van der Waals surface area contributed by atoms with E-state index in [9.17, 15) is 0 Å². The Bertz CT molecular complexity index is 1100. The third-order valence-electron chi connectivity index (χ3n) is 4.86. The second-order valence-electron chi connectivity index (χ2n) is 6.82. The molecule has 3 heterocycles. The monoisotopic (exact) mass is 358 g/mol. The minimum Gasteiger partial charge on any atom is -0.361 e. The standard InChI is InChI=1S/C22H22N4O/c1-5-6-17-7-9-18(10-8-17)13-26-16(4)24-22-20(26)11-19(12-23-22)21-14(2)25-27-15(21)3/h5,7-12H,1,6,13H2,2-4H3. The van der Waals surface area contributed by atoms with E-state index in [4.69, 9.17) is 4.52 Å². The highest BCUT2D eigenvalue weighted by molar-refractivity contribution is 5.80. The maximum absolute atomic E-state index is 5.32. The molecule has 0 fully saturated rings. The summed E-state index contributed by atoms with van der Waals surface area (Å²) in [6.45, 7) is 10.4. The number of aryl methyl sites for hydroxylation is 3. The van der Waals surface area contributed by atoms with Crippen molar-refractivity contribution >= 4 is 11.2 Å². The summed E-state index contributed by atoms with van der Waals surface area (Å²) in [5.74, 6) is 1.75. The average Bonchev–Trinajstić information content (AvgIpc) is 3.15. The third-order valence-corrected chi connectivity index (χ3v) is 4.86. The molecule has 136 valence electrons. The van der Waals surface area contributed by atoms with E-state index in [-0.39, 0.29) is 0 Å². The lowest BCUT2D eigenvalue weighted by Crippen LogP contribution is -2.02. The Balaban J connectivity index is 1.75. The summed E-state index contributed by atoms with van der Waals surface area (Å²) in [6, 6.07) is 10.8. The van der Waals surface area contributed by atoms with Gasteiger partial charge in [-0.25, -0.2) is 9.97 Å². The lowest BCUT2D eigenvalue weighted by atomic mass is 10.1. The van der Waals surface area contributed by atoms with E-state index in [2.05, 4.69) is 56.6 Å². The van der Waals surface area contributed by atoms with Crippen molar-refractivity contribution in [3.8, 4) is 11.1 Å².